The van der Waals surface area contributed by atoms with Gasteiger partial charge in [0, 0.05) is 0 Å². The van der Waals surface area contributed by atoms with E-state index < -0.39 is 23.0 Å². The van der Waals surface area contributed by atoms with E-state index in [2.05, 4.69) is 0 Å². The molecule has 3 aliphatic rings. The van der Waals surface area contributed by atoms with E-state index in [1.54, 1.807) is 24.3 Å². The lowest BCUT2D eigenvalue weighted by atomic mass is 9.73. The van der Waals surface area contributed by atoms with E-state index in [0.29, 0.717) is 11.3 Å². The summed E-state index contributed by atoms with van der Waals surface area (Å²) < 4.78 is 5.95. The van der Waals surface area contributed by atoms with Crippen molar-refractivity contribution >= 4 is 17.5 Å². The molecule has 2 amide bonds. The Hall–Kier alpha value is -2.45. The Morgan fingerprint density at radius 3 is 2.18 bits per heavy atom. The molecule has 2 fully saturated rings. The molecule has 0 unspecified atom stereocenters. The number of amides is 2. The average Bonchev–Trinajstić information content (AvgIpc) is 3.04. The Morgan fingerprint density at radius 2 is 1.64 bits per heavy atom. The highest BCUT2D eigenvalue weighted by Gasteiger charge is 2.70. The Bertz CT molecular complexity index is 757. The normalized spacial score (nSPS) is 38.5. The summed E-state index contributed by atoms with van der Waals surface area (Å²) in [6.07, 6.45) is 3.75. The Morgan fingerprint density at radius 1 is 1.09 bits per heavy atom. The van der Waals surface area contributed by atoms with E-state index in [1.807, 2.05) is 32.1 Å². The second-order valence-corrected chi connectivity index (χ2v) is 6.40. The van der Waals surface area contributed by atoms with E-state index in [4.69, 9.17) is 4.74 Å². The summed E-state index contributed by atoms with van der Waals surface area (Å²) in [6.45, 7) is 3.68. The van der Waals surface area contributed by atoms with Crippen LogP contribution in [0.2, 0.25) is 0 Å². The van der Waals surface area contributed by atoms with Gasteiger partial charge in [-0.15, -0.1) is 0 Å². The molecule has 2 saturated heterocycles. The molecule has 5 heteroatoms. The fraction of sp³-hybridized carbons (Fsp3) is 0.353. The third-order valence-corrected chi connectivity index (χ3v) is 4.99. The number of imide groups is 1. The van der Waals surface area contributed by atoms with E-state index >= 15 is 0 Å². The maximum atomic E-state index is 12.9. The first-order valence-corrected chi connectivity index (χ1v) is 7.19. The van der Waals surface area contributed by atoms with Crippen molar-refractivity contribution in [2.75, 3.05) is 4.90 Å². The Labute approximate surface area is 127 Å². The SMILES string of the molecule is C[C@@]12C=C[C@](C)(O1)[C@H]1C(=O)N(c3ccccc3C#N)C(=O)[C@@H]12. The van der Waals surface area contributed by atoms with Crippen LogP contribution in [0.15, 0.2) is 36.4 Å². The number of hydrogen-bond donors (Lipinski definition) is 0. The van der Waals surface area contributed by atoms with Crippen LogP contribution in [0, 0.1) is 23.2 Å². The summed E-state index contributed by atoms with van der Waals surface area (Å²) in [7, 11) is 0. The molecule has 0 N–H and O–H groups in total. The molecule has 4 rings (SSSR count). The Balaban J connectivity index is 1.86. The van der Waals surface area contributed by atoms with Crippen LogP contribution in [0.3, 0.4) is 0 Å². The van der Waals surface area contributed by atoms with Gasteiger partial charge in [-0.05, 0) is 26.0 Å². The molecule has 4 atom stereocenters. The molecular formula is C17H14N2O3. The number of ether oxygens (including phenoxy) is 1. The van der Waals surface area contributed by atoms with Gasteiger partial charge in [0.1, 0.15) is 6.07 Å². The quantitative estimate of drug-likeness (QED) is 0.585. The summed E-state index contributed by atoms with van der Waals surface area (Å²) >= 11 is 0. The van der Waals surface area contributed by atoms with Gasteiger partial charge in [-0.25, -0.2) is 4.90 Å². The van der Waals surface area contributed by atoms with Crippen molar-refractivity contribution in [3.8, 4) is 6.07 Å². The van der Waals surface area contributed by atoms with Gasteiger partial charge in [-0.3, -0.25) is 9.59 Å². The highest BCUT2D eigenvalue weighted by Crippen LogP contribution is 2.57. The van der Waals surface area contributed by atoms with E-state index in [9.17, 15) is 14.9 Å². The monoisotopic (exact) mass is 294 g/mol. The van der Waals surface area contributed by atoms with Crippen molar-refractivity contribution in [3.05, 3.63) is 42.0 Å². The van der Waals surface area contributed by atoms with Crippen LogP contribution in [0.25, 0.3) is 0 Å². The number of carbonyl (C=O) groups excluding carboxylic acids is 2. The van der Waals surface area contributed by atoms with Gasteiger partial charge >= 0.3 is 0 Å². The molecule has 0 aliphatic carbocycles. The van der Waals surface area contributed by atoms with Gasteiger partial charge in [0.05, 0.1) is 34.3 Å². The highest BCUT2D eigenvalue weighted by atomic mass is 16.5. The van der Waals surface area contributed by atoms with Crippen molar-refractivity contribution in [1.29, 1.82) is 5.26 Å². The lowest BCUT2D eigenvalue weighted by Crippen LogP contribution is -2.39. The topological polar surface area (TPSA) is 70.4 Å². The summed E-state index contributed by atoms with van der Waals surface area (Å²) in [5.74, 6) is -1.62. The fourth-order valence-corrected chi connectivity index (χ4v) is 4.03. The molecule has 0 radical (unpaired) electrons. The van der Waals surface area contributed by atoms with Crippen LogP contribution in [0.4, 0.5) is 5.69 Å². The maximum absolute atomic E-state index is 12.9. The molecule has 0 spiro atoms. The molecule has 22 heavy (non-hydrogen) atoms. The summed E-state index contributed by atoms with van der Waals surface area (Å²) in [4.78, 5) is 26.9. The van der Waals surface area contributed by atoms with Gasteiger partial charge in [0.2, 0.25) is 11.8 Å². The summed E-state index contributed by atoms with van der Waals surface area (Å²) in [5.41, 5.74) is -0.813. The molecule has 110 valence electrons. The smallest absolute Gasteiger partial charge is 0.241 e. The predicted molar refractivity (Wildman–Crippen MR) is 77.7 cm³/mol. The van der Waals surface area contributed by atoms with Crippen LogP contribution >= 0.6 is 0 Å². The number of benzene rings is 1. The van der Waals surface area contributed by atoms with E-state index in [1.165, 1.54) is 4.90 Å². The van der Waals surface area contributed by atoms with Crippen molar-refractivity contribution in [2.24, 2.45) is 11.8 Å². The summed E-state index contributed by atoms with van der Waals surface area (Å²) in [5, 5.41) is 9.24. The van der Waals surface area contributed by atoms with E-state index in [-0.39, 0.29) is 11.8 Å². The van der Waals surface area contributed by atoms with Crippen molar-refractivity contribution in [3.63, 3.8) is 0 Å². The number of carbonyl (C=O) groups is 2. The standard InChI is InChI=1S/C17H14N2O3/c1-16-7-8-17(2,22-16)13-12(16)14(20)19(15(13)21)11-6-4-3-5-10(11)9-18/h3-8,12-13H,1-2H3/t12-,13-,16+,17+/m1/s1. The third-order valence-electron chi connectivity index (χ3n) is 4.99. The number of hydrogen-bond acceptors (Lipinski definition) is 4. The lowest BCUT2D eigenvalue weighted by molar-refractivity contribution is -0.128. The van der Waals surface area contributed by atoms with Crippen LogP contribution in [0.5, 0.6) is 0 Å². The minimum absolute atomic E-state index is 0.284. The van der Waals surface area contributed by atoms with Gasteiger partial charge in [-0.1, -0.05) is 24.3 Å². The van der Waals surface area contributed by atoms with Crippen molar-refractivity contribution in [2.45, 2.75) is 25.0 Å². The second-order valence-electron chi connectivity index (χ2n) is 6.40. The largest absolute Gasteiger partial charge is 0.359 e. The van der Waals surface area contributed by atoms with Crippen LogP contribution in [0.1, 0.15) is 19.4 Å². The zero-order valence-electron chi connectivity index (χ0n) is 12.2. The number of nitriles is 1. The molecule has 2 bridgehead atoms. The summed E-state index contributed by atoms with van der Waals surface area (Å²) in [6, 6.07) is 8.72. The maximum Gasteiger partial charge on any atom is 0.241 e. The highest BCUT2D eigenvalue weighted by molar-refractivity contribution is 6.24. The van der Waals surface area contributed by atoms with Crippen LogP contribution in [-0.4, -0.2) is 23.0 Å². The first kappa shape index (κ1) is 13.2. The minimum Gasteiger partial charge on any atom is -0.359 e. The van der Waals surface area contributed by atoms with E-state index in [0.717, 1.165) is 0 Å². The number of rotatable bonds is 1. The van der Waals surface area contributed by atoms with Gasteiger partial charge in [0.15, 0.2) is 0 Å². The van der Waals surface area contributed by atoms with Gasteiger partial charge < -0.3 is 4.74 Å². The van der Waals surface area contributed by atoms with Crippen LogP contribution < -0.4 is 4.90 Å². The van der Waals surface area contributed by atoms with Crippen LogP contribution in [-0.2, 0) is 14.3 Å². The molecule has 0 aromatic heterocycles. The van der Waals surface area contributed by atoms with Crippen molar-refractivity contribution < 1.29 is 14.3 Å². The van der Waals surface area contributed by atoms with Crippen molar-refractivity contribution in [1.82, 2.24) is 0 Å². The molecule has 0 saturated carbocycles. The molecular weight excluding hydrogens is 280 g/mol. The zero-order chi connectivity index (χ0) is 15.7. The third kappa shape index (κ3) is 1.36. The van der Waals surface area contributed by atoms with Gasteiger partial charge in [0.25, 0.3) is 0 Å². The molecule has 3 aliphatic heterocycles. The zero-order valence-corrected chi connectivity index (χ0v) is 12.2. The molecule has 1 aromatic rings. The average molecular weight is 294 g/mol. The fourth-order valence-electron chi connectivity index (χ4n) is 4.03. The minimum atomic E-state index is -0.748. The molecule has 1 aromatic carbocycles. The number of nitrogens with zero attached hydrogens (tertiary/aromatic N) is 2. The lowest BCUT2D eigenvalue weighted by Gasteiger charge is -2.25. The molecule has 3 heterocycles. The number of anilines is 1. The number of fused-ring (bicyclic) bond motifs is 5. The Kier molecular flexibility index (Phi) is 2.31. The van der Waals surface area contributed by atoms with Gasteiger partial charge in [-0.2, -0.15) is 5.26 Å². The predicted octanol–water partition coefficient (Wildman–Crippen LogP) is 1.78. The first-order chi connectivity index (χ1) is 10.4. The molecule has 5 nitrogen and oxygen atoms in total. The first-order valence-electron chi connectivity index (χ1n) is 7.19. The second kappa shape index (κ2) is 3.84. The number of para-hydroxylation sites is 1.